The number of aryl methyl sites for hydroxylation is 2. The summed E-state index contributed by atoms with van der Waals surface area (Å²) in [5.41, 5.74) is 1.52. The van der Waals surface area contributed by atoms with E-state index in [4.69, 9.17) is 11.6 Å². The number of urea groups is 1. The molecule has 4 rings (SSSR count). The lowest BCUT2D eigenvalue weighted by Crippen LogP contribution is -2.47. The number of imide groups is 1. The molecule has 11 heteroatoms. The lowest BCUT2D eigenvalue weighted by molar-refractivity contribution is -0.119. The Hall–Kier alpha value is -3.27. The maximum Gasteiger partial charge on any atom is 0.415 e. The van der Waals surface area contributed by atoms with Crippen LogP contribution < -0.4 is 9.80 Å². The van der Waals surface area contributed by atoms with Crippen LogP contribution in [0.4, 0.5) is 29.9 Å². The number of pyridine rings is 1. The number of benzene rings is 1. The number of likely N-dealkylation sites (N-methyl/N-ethyl adjacent to an activating group) is 1. The number of nitrogens with zero attached hydrogens (tertiary/aromatic N) is 4. The Kier molecular flexibility index (Phi) is 5.26. The minimum Gasteiger partial charge on any atom is -0.465 e. The largest absolute Gasteiger partial charge is 0.465 e. The summed E-state index contributed by atoms with van der Waals surface area (Å²) in [5, 5.41) is 8.61. The first-order chi connectivity index (χ1) is 14.7. The summed E-state index contributed by atoms with van der Waals surface area (Å²) in [6.45, 7) is -0.466. The highest BCUT2D eigenvalue weighted by molar-refractivity contribution is 6.31. The van der Waals surface area contributed by atoms with Gasteiger partial charge in [-0.1, -0.05) is 17.7 Å². The van der Waals surface area contributed by atoms with Gasteiger partial charge in [-0.2, -0.15) is 0 Å². The number of halogens is 3. The summed E-state index contributed by atoms with van der Waals surface area (Å²) in [4.78, 5) is 44.4. The summed E-state index contributed by atoms with van der Waals surface area (Å²) in [6, 6.07) is 3.09. The number of hydrogen-bond donors (Lipinski definition) is 1. The van der Waals surface area contributed by atoms with Gasteiger partial charge in [0.15, 0.2) is 5.82 Å². The number of anilines is 2. The molecule has 1 unspecified atom stereocenters. The van der Waals surface area contributed by atoms with Gasteiger partial charge in [-0.15, -0.1) is 0 Å². The molecule has 1 fully saturated rings. The highest BCUT2D eigenvalue weighted by Gasteiger charge is 2.47. The fourth-order valence-corrected chi connectivity index (χ4v) is 4.02. The van der Waals surface area contributed by atoms with Gasteiger partial charge in [0.2, 0.25) is 0 Å². The van der Waals surface area contributed by atoms with Crippen molar-refractivity contribution in [2.75, 3.05) is 23.4 Å². The number of carbonyl (C=O) groups excluding carboxylic acids is 2. The van der Waals surface area contributed by atoms with Crippen LogP contribution in [0.25, 0.3) is 0 Å². The van der Waals surface area contributed by atoms with E-state index in [1.807, 2.05) is 0 Å². The maximum atomic E-state index is 14.4. The second-order valence-electron chi connectivity index (χ2n) is 7.28. The number of amides is 4. The summed E-state index contributed by atoms with van der Waals surface area (Å²) < 4.78 is 27.9. The van der Waals surface area contributed by atoms with Crippen LogP contribution in [-0.2, 0) is 17.6 Å². The molecule has 2 aliphatic rings. The first kappa shape index (κ1) is 21.0. The minimum atomic E-state index is -1.52. The average Bonchev–Trinajstić information content (AvgIpc) is 3.34. The third-order valence-electron chi connectivity index (χ3n) is 5.49. The van der Waals surface area contributed by atoms with Crippen molar-refractivity contribution >= 4 is 41.1 Å². The van der Waals surface area contributed by atoms with Crippen LogP contribution in [0.5, 0.6) is 0 Å². The van der Waals surface area contributed by atoms with Crippen LogP contribution in [-0.4, -0.2) is 52.7 Å². The quantitative estimate of drug-likeness (QED) is 0.723. The molecule has 31 heavy (non-hydrogen) atoms. The van der Waals surface area contributed by atoms with Crippen LogP contribution in [0.2, 0.25) is 5.02 Å². The summed E-state index contributed by atoms with van der Waals surface area (Å²) in [6.07, 6.45) is 0.959. The molecule has 0 radical (unpaired) electrons. The van der Waals surface area contributed by atoms with Gasteiger partial charge < -0.3 is 10.0 Å². The minimum absolute atomic E-state index is 0.138. The van der Waals surface area contributed by atoms with Crippen molar-refractivity contribution in [3.63, 3.8) is 0 Å². The van der Waals surface area contributed by atoms with E-state index in [2.05, 4.69) is 4.98 Å². The Balaban J connectivity index is 1.72. The Morgan fingerprint density at radius 3 is 2.68 bits per heavy atom. The zero-order chi connectivity index (χ0) is 22.4. The van der Waals surface area contributed by atoms with E-state index < -0.39 is 47.3 Å². The zero-order valence-corrected chi connectivity index (χ0v) is 17.1. The van der Waals surface area contributed by atoms with Crippen molar-refractivity contribution in [1.82, 2.24) is 9.88 Å². The van der Waals surface area contributed by atoms with Crippen LogP contribution in [0, 0.1) is 11.6 Å². The Bertz CT molecular complexity index is 1110. The second kappa shape index (κ2) is 7.77. The van der Waals surface area contributed by atoms with Gasteiger partial charge in [-0.05, 0) is 43.0 Å². The smallest absolute Gasteiger partial charge is 0.415 e. The maximum absolute atomic E-state index is 14.4. The van der Waals surface area contributed by atoms with E-state index in [1.165, 1.54) is 7.05 Å². The van der Waals surface area contributed by atoms with Crippen LogP contribution in [0.3, 0.4) is 0 Å². The van der Waals surface area contributed by atoms with Crippen LogP contribution in [0.1, 0.15) is 17.7 Å². The van der Waals surface area contributed by atoms with Crippen LogP contribution in [0.15, 0.2) is 24.3 Å². The molecule has 8 nitrogen and oxygen atoms in total. The molecule has 1 saturated heterocycles. The molecule has 1 atom stereocenters. The van der Waals surface area contributed by atoms with Gasteiger partial charge in [0.25, 0.3) is 5.91 Å². The second-order valence-corrected chi connectivity index (χ2v) is 7.66. The molecule has 0 bridgehead atoms. The van der Waals surface area contributed by atoms with E-state index in [9.17, 15) is 28.3 Å². The lowest BCUT2D eigenvalue weighted by Gasteiger charge is -2.26. The number of carbonyl (C=O) groups is 3. The molecule has 1 aliphatic carbocycles. The Morgan fingerprint density at radius 1 is 1.23 bits per heavy atom. The van der Waals surface area contributed by atoms with Gasteiger partial charge in [0.1, 0.15) is 22.7 Å². The molecule has 1 aromatic carbocycles. The Morgan fingerprint density at radius 2 is 1.97 bits per heavy atom. The predicted octanol–water partition coefficient (Wildman–Crippen LogP) is 3.45. The van der Waals surface area contributed by atoms with E-state index in [0.717, 1.165) is 46.0 Å². The average molecular weight is 451 g/mol. The van der Waals surface area contributed by atoms with Gasteiger partial charge >= 0.3 is 12.1 Å². The summed E-state index contributed by atoms with van der Waals surface area (Å²) in [5.74, 6) is -2.76. The number of aromatic nitrogens is 1. The molecule has 0 spiro atoms. The van der Waals surface area contributed by atoms with Gasteiger partial charge in [0, 0.05) is 12.7 Å². The summed E-state index contributed by atoms with van der Waals surface area (Å²) in [7, 11) is 1.23. The van der Waals surface area contributed by atoms with E-state index in [1.54, 1.807) is 12.1 Å². The summed E-state index contributed by atoms with van der Waals surface area (Å²) >= 11 is 5.61. The lowest BCUT2D eigenvalue weighted by atomic mass is 10.2. The SMILES string of the molecule is CN(C(=O)C1CN(C(=O)O)C(=O)N1c1ccc2c(n1)CCC2)c1ccc(F)c(Cl)c1F. The van der Waals surface area contributed by atoms with Crippen molar-refractivity contribution in [3.8, 4) is 0 Å². The predicted molar refractivity (Wildman–Crippen MR) is 107 cm³/mol. The highest BCUT2D eigenvalue weighted by atomic mass is 35.5. The van der Waals surface area contributed by atoms with Gasteiger partial charge in [-0.3, -0.25) is 9.69 Å². The standard InChI is InChI=1S/C20H17ClF2N4O4/c1-25(13-7-6-11(22)16(21)17(13)23)18(28)14-9-26(20(30)31)19(29)27(14)15-8-5-10-3-2-4-12(10)24-15/h5-8,14H,2-4,9H2,1H3,(H,30,31). The zero-order valence-electron chi connectivity index (χ0n) is 16.3. The topological polar surface area (TPSA) is 94.1 Å². The third-order valence-corrected chi connectivity index (χ3v) is 5.83. The molecule has 1 N–H and O–H groups in total. The fourth-order valence-electron chi connectivity index (χ4n) is 3.86. The van der Waals surface area contributed by atoms with E-state index >= 15 is 0 Å². The molecule has 1 aromatic heterocycles. The third kappa shape index (κ3) is 3.46. The Labute approximate surface area is 180 Å². The van der Waals surface area contributed by atoms with Crippen molar-refractivity contribution in [3.05, 3.63) is 52.2 Å². The van der Waals surface area contributed by atoms with Crippen molar-refractivity contribution < 1.29 is 28.3 Å². The number of rotatable bonds is 3. The highest BCUT2D eigenvalue weighted by Crippen LogP contribution is 2.31. The fraction of sp³-hybridized carbons (Fsp3) is 0.300. The number of fused-ring (bicyclic) bond motifs is 1. The molecule has 2 heterocycles. The molecule has 2 aromatic rings. The van der Waals surface area contributed by atoms with Crippen molar-refractivity contribution in [1.29, 1.82) is 0 Å². The number of hydrogen-bond acceptors (Lipinski definition) is 4. The molecular formula is C20H17ClF2N4O4. The molecule has 162 valence electrons. The van der Waals surface area contributed by atoms with Crippen LogP contribution >= 0.6 is 11.6 Å². The first-order valence-corrected chi connectivity index (χ1v) is 9.82. The van der Waals surface area contributed by atoms with E-state index in [0.29, 0.717) is 11.3 Å². The molecular weight excluding hydrogens is 434 g/mol. The van der Waals surface area contributed by atoms with E-state index in [-0.39, 0.29) is 11.5 Å². The van der Waals surface area contributed by atoms with Gasteiger partial charge in [0.05, 0.1) is 12.2 Å². The van der Waals surface area contributed by atoms with Crippen molar-refractivity contribution in [2.45, 2.75) is 25.3 Å². The molecule has 1 aliphatic heterocycles. The van der Waals surface area contributed by atoms with Gasteiger partial charge in [-0.25, -0.2) is 28.3 Å². The normalized spacial score (nSPS) is 17.8. The van der Waals surface area contributed by atoms with Crippen molar-refractivity contribution in [2.24, 2.45) is 0 Å². The number of carboxylic acid groups (broad SMARTS) is 1. The molecule has 4 amide bonds. The molecule has 0 saturated carbocycles. The first-order valence-electron chi connectivity index (χ1n) is 9.44. The monoisotopic (exact) mass is 450 g/mol.